The highest BCUT2D eigenvalue weighted by Crippen LogP contribution is 2.41. The molecule has 3 N–H and O–H groups in total. The first kappa shape index (κ1) is 23.5. The van der Waals surface area contributed by atoms with Gasteiger partial charge in [0.1, 0.15) is 6.04 Å². The lowest BCUT2D eigenvalue weighted by Gasteiger charge is -2.32. The van der Waals surface area contributed by atoms with E-state index in [1.807, 2.05) is 36.4 Å². The number of nitrogens with zero attached hydrogens (tertiary/aromatic N) is 1. The van der Waals surface area contributed by atoms with Crippen molar-refractivity contribution < 1.29 is 14.4 Å². The molecular weight excluding hydrogens is 440 g/mol. The van der Waals surface area contributed by atoms with E-state index in [0.717, 1.165) is 30.4 Å². The van der Waals surface area contributed by atoms with Crippen molar-refractivity contribution in [3.8, 4) is 0 Å². The summed E-state index contributed by atoms with van der Waals surface area (Å²) in [5.41, 5.74) is 4.58. The third kappa shape index (κ3) is 4.45. The summed E-state index contributed by atoms with van der Waals surface area (Å²) in [6, 6.07) is 14.6. The molecule has 3 unspecified atom stereocenters. The van der Waals surface area contributed by atoms with Crippen molar-refractivity contribution in [3.63, 3.8) is 0 Å². The molecule has 1 fully saturated rings. The van der Waals surface area contributed by atoms with E-state index in [-0.39, 0.29) is 41.9 Å². The van der Waals surface area contributed by atoms with Crippen LogP contribution in [0.2, 0.25) is 0 Å². The molecule has 1 aliphatic carbocycles. The van der Waals surface area contributed by atoms with Gasteiger partial charge in [-0.2, -0.15) is 0 Å². The Hall–Kier alpha value is -3.19. The van der Waals surface area contributed by atoms with Crippen LogP contribution in [0, 0.1) is 0 Å². The normalized spacial score (nSPS) is 26.1. The number of benzene rings is 2. The Kier molecular flexibility index (Phi) is 6.60. The van der Waals surface area contributed by atoms with Crippen LogP contribution in [-0.2, 0) is 27.2 Å². The highest BCUT2D eigenvalue weighted by atomic mass is 16.2. The summed E-state index contributed by atoms with van der Waals surface area (Å²) in [4.78, 5) is 41.7. The minimum Gasteiger partial charge on any atom is -0.349 e. The van der Waals surface area contributed by atoms with Crippen LogP contribution < -0.4 is 16.0 Å². The van der Waals surface area contributed by atoms with Crippen molar-refractivity contribution >= 4 is 17.7 Å². The number of likely N-dealkylation sites (N-methyl/N-ethyl adjacent to an activating group) is 1. The molecule has 184 valence electrons. The van der Waals surface area contributed by atoms with E-state index in [1.54, 1.807) is 18.9 Å². The molecular formula is C28H34N4O3. The number of amides is 3. The average Bonchev–Trinajstić information content (AvgIpc) is 3.18. The quantitative estimate of drug-likeness (QED) is 0.621. The number of carbonyl (C=O) groups excluding carboxylic acids is 3. The SMILES string of the molecule is CNC(C)C(=O)N[C@H]1CC(C(=O)N[C@@H]2CCCc3ccccc32)N2C(=O)CCc3ccccc3C12. The molecule has 2 heterocycles. The topological polar surface area (TPSA) is 90.5 Å². The van der Waals surface area contributed by atoms with E-state index in [1.165, 1.54) is 11.1 Å². The molecule has 0 bridgehead atoms. The summed E-state index contributed by atoms with van der Waals surface area (Å²) >= 11 is 0. The largest absolute Gasteiger partial charge is 0.349 e. The van der Waals surface area contributed by atoms with Gasteiger partial charge in [0.05, 0.1) is 24.2 Å². The zero-order valence-corrected chi connectivity index (χ0v) is 20.4. The van der Waals surface area contributed by atoms with Crippen LogP contribution in [0.25, 0.3) is 0 Å². The highest BCUT2D eigenvalue weighted by Gasteiger charge is 2.50. The summed E-state index contributed by atoms with van der Waals surface area (Å²) in [6.07, 6.45) is 4.32. The summed E-state index contributed by atoms with van der Waals surface area (Å²) in [7, 11) is 1.74. The monoisotopic (exact) mass is 474 g/mol. The average molecular weight is 475 g/mol. The first-order chi connectivity index (χ1) is 17.0. The maximum absolute atomic E-state index is 13.7. The molecule has 3 amide bonds. The Bertz CT molecular complexity index is 1130. The zero-order valence-electron chi connectivity index (χ0n) is 20.4. The van der Waals surface area contributed by atoms with Crippen LogP contribution in [0.4, 0.5) is 0 Å². The number of fused-ring (bicyclic) bond motifs is 4. The van der Waals surface area contributed by atoms with E-state index >= 15 is 0 Å². The summed E-state index contributed by atoms with van der Waals surface area (Å²) in [6.45, 7) is 1.80. The van der Waals surface area contributed by atoms with Gasteiger partial charge < -0.3 is 20.9 Å². The molecule has 0 radical (unpaired) electrons. The number of carbonyl (C=O) groups is 3. The zero-order chi connectivity index (χ0) is 24.5. The van der Waals surface area contributed by atoms with Gasteiger partial charge in [-0.3, -0.25) is 14.4 Å². The van der Waals surface area contributed by atoms with Gasteiger partial charge in [-0.25, -0.2) is 0 Å². The minimum atomic E-state index is -0.622. The second kappa shape index (κ2) is 9.82. The fraction of sp³-hybridized carbons (Fsp3) is 0.464. The number of rotatable bonds is 5. The molecule has 5 rings (SSSR count). The lowest BCUT2D eigenvalue weighted by Crippen LogP contribution is -2.48. The van der Waals surface area contributed by atoms with E-state index in [9.17, 15) is 14.4 Å². The second-order valence-electron chi connectivity index (χ2n) is 9.97. The molecule has 7 nitrogen and oxygen atoms in total. The van der Waals surface area contributed by atoms with Gasteiger partial charge in [-0.05, 0) is 68.3 Å². The smallest absolute Gasteiger partial charge is 0.243 e. The highest BCUT2D eigenvalue weighted by molar-refractivity contribution is 5.90. The molecule has 5 atom stereocenters. The minimum absolute atomic E-state index is 0.0335. The standard InChI is InChI=1S/C28H34N4O3/c1-17(29-2)27(34)31-23-16-24(28(35)30-22-13-7-10-18-8-3-5-11-20(18)22)32-25(33)15-14-19-9-4-6-12-21(19)26(23)32/h3-6,8-9,11-12,17,22-24,26,29H,7,10,13-16H2,1-2H3,(H,30,35)(H,31,34)/t17?,22-,23+,24?,26?/m1/s1. The van der Waals surface area contributed by atoms with Crippen molar-refractivity contribution in [1.82, 2.24) is 20.9 Å². The van der Waals surface area contributed by atoms with Gasteiger partial charge in [0.25, 0.3) is 0 Å². The molecule has 2 aromatic rings. The Balaban J connectivity index is 1.46. The molecule has 2 aromatic carbocycles. The Labute approximate surface area is 206 Å². The number of nitrogens with one attached hydrogen (secondary N) is 3. The van der Waals surface area contributed by atoms with Gasteiger partial charge in [0.2, 0.25) is 17.7 Å². The van der Waals surface area contributed by atoms with E-state index in [4.69, 9.17) is 0 Å². The van der Waals surface area contributed by atoms with Crippen LogP contribution >= 0.6 is 0 Å². The van der Waals surface area contributed by atoms with Crippen LogP contribution in [0.15, 0.2) is 48.5 Å². The van der Waals surface area contributed by atoms with Crippen LogP contribution in [0.3, 0.4) is 0 Å². The summed E-state index contributed by atoms with van der Waals surface area (Å²) in [5.74, 6) is -0.300. The van der Waals surface area contributed by atoms with Crippen molar-refractivity contribution in [2.75, 3.05) is 7.05 Å². The van der Waals surface area contributed by atoms with Crippen molar-refractivity contribution in [3.05, 3.63) is 70.8 Å². The molecule has 3 aliphatic rings. The van der Waals surface area contributed by atoms with Crippen molar-refractivity contribution in [1.29, 1.82) is 0 Å². The Morgan fingerprint density at radius 2 is 1.63 bits per heavy atom. The predicted molar refractivity (Wildman–Crippen MR) is 133 cm³/mol. The second-order valence-corrected chi connectivity index (χ2v) is 9.97. The number of hydrogen-bond acceptors (Lipinski definition) is 4. The molecule has 1 saturated heterocycles. The Morgan fingerprint density at radius 3 is 2.37 bits per heavy atom. The number of aryl methyl sites for hydroxylation is 2. The first-order valence-corrected chi connectivity index (χ1v) is 12.7. The fourth-order valence-corrected chi connectivity index (χ4v) is 5.97. The summed E-state index contributed by atoms with van der Waals surface area (Å²) in [5, 5.41) is 9.39. The molecule has 2 aliphatic heterocycles. The van der Waals surface area contributed by atoms with E-state index in [2.05, 4.69) is 28.1 Å². The maximum Gasteiger partial charge on any atom is 0.243 e. The lowest BCUT2D eigenvalue weighted by atomic mass is 9.87. The summed E-state index contributed by atoms with van der Waals surface area (Å²) < 4.78 is 0. The molecule has 0 saturated carbocycles. The first-order valence-electron chi connectivity index (χ1n) is 12.7. The number of hydrogen-bond donors (Lipinski definition) is 3. The lowest BCUT2D eigenvalue weighted by molar-refractivity contribution is -0.140. The fourth-order valence-electron chi connectivity index (χ4n) is 5.97. The molecule has 35 heavy (non-hydrogen) atoms. The van der Waals surface area contributed by atoms with Gasteiger partial charge in [-0.15, -0.1) is 0 Å². The van der Waals surface area contributed by atoms with Crippen LogP contribution in [-0.4, -0.2) is 47.8 Å². The van der Waals surface area contributed by atoms with Gasteiger partial charge in [0, 0.05) is 6.42 Å². The third-order valence-corrected chi connectivity index (χ3v) is 7.91. The molecule has 7 heteroatoms. The van der Waals surface area contributed by atoms with Crippen LogP contribution in [0.5, 0.6) is 0 Å². The van der Waals surface area contributed by atoms with E-state index in [0.29, 0.717) is 19.3 Å². The van der Waals surface area contributed by atoms with Gasteiger partial charge in [0.15, 0.2) is 0 Å². The van der Waals surface area contributed by atoms with Crippen molar-refractivity contribution in [2.24, 2.45) is 0 Å². The van der Waals surface area contributed by atoms with Crippen LogP contribution in [0.1, 0.15) is 66.9 Å². The maximum atomic E-state index is 13.7. The third-order valence-electron chi connectivity index (χ3n) is 7.91. The molecule has 0 spiro atoms. The molecule has 0 aromatic heterocycles. The van der Waals surface area contributed by atoms with E-state index < -0.39 is 6.04 Å². The van der Waals surface area contributed by atoms with Gasteiger partial charge in [-0.1, -0.05) is 48.5 Å². The predicted octanol–water partition coefficient (Wildman–Crippen LogP) is 2.56. The Morgan fingerprint density at radius 1 is 0.943 bits per heavy atom. The van der Waals surface area contributed by atoms with Gasteiger partial charge >= 0.3 is 0 Å². The van der Waals surface area contributed by atoms with Crippen molar-refractivity contribution in [2.45, 2.75) is 75.7 Å².